The predicted octanol–water partition coefficient (Wildman–Crippen LogP) is 2.32. The lowest BCUT2D eigenvalue weighted by molar-refractivity contribution is -0.144. The zero-order valence-electron chi connectivity index (χ0n) is 12.8. The molecule has 7 heteroatoms. The van der Waals surface area contributed by atoms with Gasteiger partial charge in [-0.05, 0) is 13.3 Å². The van der Waals surface area contributed by atoms with Crippen LogP contribution >= 0.6 is 0 Å². The largest absolute Gasteiger partial charge is 0.487 e. The molecule has 1 aromatic heterocycles. The van der Waals surface area contributed by atoms with E-state index in [0.29, 0.717) is 29.8 Å². The van der Waals surface area contributed by atoms with Crippen LogP contribution in [-0.2, 0) is 4.79 Å². The van der Waals surface area contributed by atoms with Crippen LogP contribution in [0.1, 0.15) is 36.9 Å². The topological polar surface area (TPSA) is 66.2 Å². The van der Waals surface area contributed by atoms with Gasteiger partial charge in [-0.15, -0.1) is 0 Å². The molecule has 23 heavy (non-hydrogen) atoms. The number of hydrogen-bond donors (Lipinski definition) is 0. The van der Waals surface area contributed by atoms with Gasteiger partial charge >= 0.3 is 0 Å². The Morgan fingerprint density at radius 3 is 3.00 bits per heavy atom. The molecular formula is C16H17F2N3O2. The summed E-state index contributed by atoms with van der Waals surface area (Å²) in [6.45, 7) is 0.100. The minimum absolute atomic E-state index is 0.152. The molecule has 3 heterocycles. The quantitative estimate of drug-likeness (QED) is 0.853. The van der Waals surface area contributed by atoms with Gasteiger partial charge < -0.3 is 9.64 Å². The number of nitriles is 1. The van der Waals surface area contributed by atoms with E-state index >= 15 is 0 Å². The van der Waals surface area contributed by atoms with Gasteiger partial charge in [-0.3, -0.25) is 14.2 Å². The van der Waals surface area contributed by atoms with Crippen LogP contribution in [-0.4, -0.2) is 41.8 Å². The van der Waals surface area contributed by atoms with E-state index in [1.54, 1.807) is 11.1 Å². The Morgan fingerprint density at radius 2 is 2.35 bits per heavy atom. The molecule has 0 N–H and O–H groups in total. The van der Waals surface area contributed by atoms with Gasteiger partial charge in [0, 0.05) is 24.4 Å². The molecule has 1 saturated heterocycles. The Kier molecular flexibility index (Phi) is 3.92. The summed E-state index contributed by atoms with van der Waals surface area (Å²) >= 11 is 0. The second-order valence-corrected chi connectivity index (χ2v) is 6.30. The lowest BCUT2D eigenvalue weighted by Crippen LogP contribution is -2.44. The zero-order chi connectivity index (χ0) is 16.6. The van der Waals surface area contributed by atoms with Crippen molar-refractivity contribution in [3.8, 4) is 11.8 Å². The summed E-state index contributed by atoms with van der Waals surface area (Å²) in [5, 5.41) is 9.16. The third-order valence-electron chi connectivity index (χ3n) is 4.67. The lowest BCUT2D eigenvalue weighted by atomic mass is 9.86. The maximum absolute atomic E-state index is 13.4. The summed E-state index contributed by atoms with van der Waals surface area (Å²) in [4.78, 5) is 18.3. The zero-order valence-corrected chi connectivity index (χ0v) is 12.8. The number of nitrogens with zero attached hydrogens (tertiary/aromatic N) is 3. The van der Waals surface area contributed by atoms with Gasteiger partial charge in [0.15, 0.2) is 0 Å². The van der Waals surface area contributed by atoms with Crippen LogP contribution in [0.25, 0.3) is 0 Å². The van der Waals surface area contributed by atoms with Crippen LogP contribution in [0.4, 0.5) is 8.78 Å². The third kappa shape index (κ3) is 2.42. The fraction of sp³-hybridized carbons (Fsp3) is 0.562. The number of carbonyl (C=O) groups is 1. The number of aromatic nitrogens is 1. The Hall–Kier alpha value is -2.23. The number of fused-ring (bicyclic) bond motifs is 4. The highest BCUT2D eigenvalue weighted by Gasteiger charge is 2.48. The van der Waals surface area contributed by atoms with E-state index in [0.717, 1.165) is 0 Å². The van der Waals surface area contributed by atoms with Crippen molar-refractivity contribution >= 4 is 5.91 Å². The van der Waals surface area contributed by atoms with Crippen LogP contribution < -0.4 is 4.74 Å². The summed E-state index contributed by atoms with van der Waals surface area (Å²) < 4.78 is 31.9. The van der Waals surface area contributed by atoms with Crippen molar-refractivity contribution in [2.45, 2.75) is 31.9 Å². The van der Waals surface area contributed by atoms with Gasteiger partial charge in [-0.25, -0.2) is 4.39 Å². The van der Waals surface area contributed by atoms with Crippen LogP contribution in [0.15, 0.2) is 12.4 Å². The summed E-state index contributed by atoms with van der Waals surface area (Å²) in [5.41, 5.74) is -0.386. The summed E-state index contributed by atoms with van der Waals surface area (Å²) in [6, 6.07) is 1.73. The van der Waals surface area contributed by atoms with Gasteiger partial charge in [-0.1, -0.05) is 0 Å². The van der Waals surface area contributed by atoms with Gasteiger partial charge in [-0.2, -0.15) is 5.26 Å². The number of likely N-dealkylation sites (tertiary alicyclic amines) is 1. The summed E-state index contributed by atoms with van der Waals surface area (Å²) in [7, 11) is 0. The summed E-state index contributed by atoms with van der Waals surface area (Å²) in [5.74, 6) is 0.0375. The van der Waals surface area contributed by atoms with E-state index in [9.17, 15) is 13.6 Å². The maximum atomic E-state index is 13.4. The van der Waals surface area contributed by atoms with Crippen molar-refractivity contribution in [3.63, 3.8) is 0 Å². The average molecular weight is 321 g/mol. The third-order valence-corrected chi connectivity index (χ3v) is 4.67. The molecule has 2 aliphatic heterocycles. The fourth-order valence-electron chi connectivity index (χ4n) is 3.27. The van der Waals surface area contributed by atoms with Crippen molar-refractivity contribution < 1.29 is 18.3 Å². The van der Waals surface area contributed by atoms with Gasteiger partial charge in [0.25, 0.3) is 0 Å². The second-order valence-electron chi connectivity index (χ2n) is 6.30. The van der Waals surface area contributed by atoms with Gasteiger partial charge in [0.2, 0.25) is 5.91 Å². The molecule has 3 rings (SSSR count). The molecule has 0 saturated carbocycles. The first-order valence-corrected chi connectivity index (χ1v) is 7.51. The van der Waals surface area contributed by atoms with E-state index in [-0.39, 0.29) is 18.6 Å². The van der Waals surface area contributed by atoms with E-state index in [1.807, 2.05) is 6.07 Å². The number of amides is 1. The van der Waals surface area contributed by atoms with E-state index in [2.05, 4.69) is 4.98 Å². The van der Waals surface area contributed by atoms with Crippen molar-refractivity contribution in [2.24, 2.45) is 5.41 Å². The number of hydrogen-bond acceptors (Lipinski definition) is 4. The van der Waals surface area contributed by atoms with Gasteiger partial charge in [0.1, 0.15) is 30.2 Å². The molecule has 3 atom stereocenters. The Labute approximate surface area is 132 Å². The molecule has 2 aliphatic rings. The number of ether oxygens (including phenoxy) is 1. The first-order chi connectivity index (χ1) is 11.0. The Balaban J connectivity index is 1.95. The van der Waals surface area contributed by atoms with Crippen LogP contribution in [0.2, 0.25) is 0 Å². The predicted molar refractivity (Wildman–Crippen MR) is 77.1 cm³/mol. The number of carbonyl (C=O) groups excluding carboxylic acids is 1. The molecule has 0 spiro atoms. The van der Waals surface area contributed by atoms with E-state index in [1.165, 1.54) is 13.1 Å². The Bertz CT molecular complexity index is 676. The number of alkyl halides is 2. The fourth-order valence-corrected chi connectivity index (χ4v) is 3.27. The highest BCUT2D eigenvalue weighted by molar-refractivity contribution is 5.83. The smallest absolute Gasteiger partial charge is 0.231 e. The normalized spacial score (nSPS) is 24.3. The molecule has 5 nitrogen and oxygen atoms in total. The number of pyridine rings is 1. The first kappa shape index (κ1) is 15.7. The van der Waals surface area contributed by atoms with E-state index < -0.39 is 24.7 Å². The molecule has 1 amide bonds. The van der Waals surface area contributed by atoms with Crippen LogP contribution in [0.3, 0.4) is 0 Å². The molecule has 0 radical (unpaired) electrons. The van der Waals surface area contributed by atoms with Gasteiger partial charge in [0.05, 0.1) is 24.7 Å². The molecule has 122 valence electrons. The number of halogens is 2. The van der Waals surface area contributed by atoms with Crippen molar-refractivity contribution in [1.82, 2.24) is 9.88 Å². The molecule has 0 aromatic carbocycles. The van der Waals surface area contributed by atoms with Crippen molar-refractivity contribution in [3.05, 3.63) is 23.5 Å². The van der Waals surface area contributed by atoms with Crippen LogP contribution in [0.5, 0.6) is 5.75 Å². The lowest BCUT2D eigenvalue weighted by Gasteiger charge is -2.33. The first-order valence-electron chi connectivity index (χ1n) is 7.51. The van der Waals surface area contributed by atoms with Crippen molar-refractivity contribution in [2.75, 3.05) is 19.9 Å². The second kappa shape index (κ2) is 5.76. The molecular weight excluding hydrogens is 304 g/mol. The average Bonchev–Trinajstić information content (AvgIpc) is 2.91. The number of rotatable bonds is 4. The highest BCUT2D eigenvalue weighted by Crippen LogP contribution is 2.46. The molecule has 1 unspecified atom stereocenters. The molecule has 1 fully saturated rings. The SMILES string of the molecule is CC(CF)(CCF)C(=O)N1C[C@@H]2C[C@H]1c1cncc(C#N)c1O2. The molecule has 2 bridgehead atoms. The monoisotopic (exact) mass is 321 g/mol. The summed E-state index contributed by atoms with van der Waals surface area (Å²) in [6.07, 6.45) is 3.18. The molecule has 0 aliphatic carbocycles. The minimum Gasteiger partial charge on any atom is -0.487 e. The minimum atomic E-state index is -1.37. The van der Waals surface area contributed by atoms with Crippen molar-refractivity contribution in [1.29, 1.82) is 5.26 Å². The van der Waals surface area contributed by atoms with Crippen LogP contribution in [0, 0.1) is 16.7 Å². The maximum Gasteiger partial charge on any atom is 0.231 e. The standard InChI is InChI=1S/C16H17F2N3O2/c1-16(9-18,2-3-17)15(22)21-8-11-4-13(21)12-7-20-6-10(5-19)14(12)23-11/h6-7,11,13H,2-4,8-9H2,1H3/t11-,13-,16?/m0/s1. The highest BCUT2D eigenvalue weighted by atomic mass is 19.1. The Morgan fingerprint density at radius 1 is 1.57 bits per heavy atom. The molecule has 1 aromatic rings. The van der Waals surface area contributed by atoms with E-state index in [4.69, 9.17) is 10.00 Å².